The maximum absolute atomic E-state index is 12.0. The minimum atomic E-state index is -0.176. The lowest BCUT2D eigenvalue weighted by Crippen LogP contribution is -2.44. The Labute approximate surface area is 141 Å². The SMILES string of the molecule is C[C@H](NC(=O)NCCN1CCOCC1)c1ccc2c(c1)CC(=O)N2. The summed E-state index contributed by atoms with van der Waals surface area (Å²) in [5.74, 6) is 0.0172. The number of carbonyl (C=O) groups excluding carboxylic acids is 2. The molecule has 24 heavy (non-hydrogen) atoms. The van der Waals surface area contributed by atoms with Crippen LogP contribution in [0.3, 0.4) is 0 Å². The topological polar surface area (TPSA) is 82.7 Å². The molecule has 2 heterocycles. The number of benzene rings is 1. The van der Waals surface area contributed by atoms with Crippen molar-refractivity contribution >= 4 is 17.6 Å². The van der Waals surface area contributed by atoms with Crippen molar-refractivity contribution in [2.45, 2.75) is 19.4 Å². The number of fused-ring (bicyclic) bond motifs is 1. The van der Waals surface area contributed by atoms with Gasteiger partial charge in [-0.2, -0.15) is 0 Å². The minimum Gasteiger partial charge on any atom is -0.379 e. The lowest BCUT2D eigenvalue weighted by Gasteiger charge is -2.26. The third-order valence-electron chi connectivity index (χ3n) is 4.42. The lowest BCUT2D eigenvalue weighted by molar-refractivity contribution is -0.115. The van der Waals surface area contributed by atoms with E-state index in [9.17, 15) is 9.59 Å². The zero-order valence-corrected chi connectivity index (χ0v) is 13.9. The number of nitrogens with zero attached hydrogens (tertiary/aromatic N) is 1. The van der Waals surface area contributed by atoms with Crippen LogP contribution in [-0.2, 0) is 16.0 Å². The van der Waals surface area contributed by atoms with Crippen molar-refractivity contribution in [3.05, 3.63) is 29.3 Å². The monoisotopic (exact) mass is 332 g/mol. The van der Waals surface area contributed by atoms with E-state index in [1.54, 1.807) is 0 Å². The normalized spacial score (nSPS) is 18.6. The van der Waals surface area contributed by atoms with Gasteiger partial charge in [0.1, 0.15) is 0 Å². The van der Waals surface area contributed by atoms with Crippen molar-refractivity contribution in [3.8, 4) is 0 Å². The lowest BCUT2D eigenvalue weighted by atomic mass is 10.0. The first-order chi connectivity index (χ1) is 11.6. The van der Waals surface area contributed by atoms with Gasteiger partial charge in [-0.15, -0.1) is 0 Å². The molecular formula is C17H24N4O3. The van der Waals surface area contributed by atoms with Gasteiger partial charge in [-0.3, -0.25) is 9.69 Å². The predicted octanol–water partition coefficient (Wildman–Crippen LogP) is 0.874. The largest absolute Gasteiger partial charge is 0.379 e. The zero-order chi connectivity index (χ0) is 16.9. The van der Waals surface area contributed by atoms with Gasteiger partial charge in [0.2, 0.25) is 5.91 Å². The molecule has 2 aliphatic rings. The van der Waals surface area contributed by atoms with Crippen LogP contribution in [0.15, 0.2) is 18.2 Å². The van der Waals surface area contributed by atoms with Gasteiger partial charge in [0.25, 0.3) is 0 Å². The Balaban J connectivity index is 1.44. The van der Waals surface area contributed by atoms with Crippen LogP contribution in [0.5, 0.6) is 0 Å². The highest BCUT2D eigenvalue weighted by atomic mass is 16.5. The number of anilines is 1. The third-order valence-corrected chi connectivity index (χ3v) is 4.42. The fourth-order valence-electron chi connectivity index (χ4n) is 3.00. The number of urea groups is 1. The van der Waals surface area contributed by atoms with Crippen LogP contribution in [0.25, 0.3) is 0 Å². The molecule has 0 spiro atoms. The summed E-state index contributed by atoms with van der Waals surface area (Å²) in [5, 5.41) is 8.64. The maximum atomic E-state index is 12.0. The molecule has 7 nitrogen and oxygen atoms in total. The smallest absolute Gasteiger partial charge is 0.315 e. The summed E-state index contributed by atoms with van der Waals surface area (Å²) in [6.07, 6.45) is 0.404. The van der Waals surface area contributed by atoms with Crippen LogP contribution in [0, 0.1) is 0 Å². The molecule has 1 atom stereocenters. The van der Waals surface area contributed by atoms with Gasteiger partial charge >= 0.3 is 6.03 Å². The Kier molecular flexibility index (Phi) is 5.32. The maximum Gasteiger partial charge on any atom is 0.315 e. The van der Waals surface area contributed by atoms with E-state index in [1.807, 2.05) is 25.1 Å². The number of hydrogen-bond donors (Lipinski definition) is 3. The number of morpholine rings is 1. The van der Waals surface area contributed by atoms with Crippen LogP contribution in [0.2, 0.25) is 0 Å². The van der Waals surface area contributed by atoms with Crippen molar-refractivity contribution in [1.82, 2.24) is 15.5 Å². The molecular weight excluding hydrogens is 308 g/mol. The van der Waals surface area contributed by atoms with E-state index in [0.29, 0.717) is 13.0 Å². The second-order valence-electron chi connectivity index (χ2n) is 6.22. The van der Waals surface area contributed by atoms with E-state index in [1.165, 1.54) is 0 Å². The summed E-state index contributed by atoms with van der Waals surface area (Å²) in [6, 6.07) is 5.51. The zero-order valence-electron chi connectivity index (χ0n) is 13.9. The Morgan fingerprint density at radius 2 is 2.17 bits per heavy atom. The first-order valence-electron chi connectivity index (χ1n) is 8.39. The van der Waals surface area contributed by atoms with Gasteiger partial charge in [0.05, 0.1) is 25.7 Å². The predicted molar refractivity (Wildman–Crippen MR) is 91.0 cm³/mol. The molecule has 1 aromatic carbocycles. The fourth-order valence-corrected chi connectivity index (χ4v) is 3.00. The van der Waals surface area contributed by atoms with Crippen molar-refractivity contribution in [1.29, 1.82) is 0 Å². The Bertz CT molecular complexity index is 614. The summed E-state index contributed by atoms with van der Waals surface area (Å²) in [6.45, 7) is 6.74. The molecule has 3 rings (SSSR count). The molecule has 1 fully saturated rings. The Hall–Kier alpha value is -2.12. The molecule has 7 heteroatoms. The third kappa shape index (κ3) is 4.24. The van der Waals surface area contributed by atoms with Gasteiger partial charge in [-0.05, 0) is 24.1 Å². The molecule has 130 valence electrons. The number of ether oxygens (including phenoxy) is 1. The summed E-state index contributed by atoms with van der Waals surface area (Å²) in [5.41, 5.74) is 2.85. The first kappa shape index (κ1) is 16.7. The number of amides is 3. The van der Waals surface area contributed by atoms with E-state index in [0.717, 1.165) is 49.7 Å². The van der Waals surface area contributed by atoms with Crippen LogP contribution >= 0.6 is 0 Å². The van der Waals surface area contributed by atoms with Gasteiger partial charge in [-0.25, -0.2) is 4.79 Å². The summed E-state index contributed by atoms with van der Waals surface area (Å²) in [7, 11) is 0. The van der Waals surface area contributed by atoms with Crippen molar-refractivity contribution < 1.29 is 14.3 Å². The second-order valence-corrected chi connectivity index (χ2v) is 6.22. The molecule has 3 amide bonds. The fraction of sp³-hybridized carbons (Fsp3) is 0.529. The van der Waals surface area contributed by atoms with E-state index in [4.69, 9.17) is 4.74 Å². The highest BCUT2D eigenvalue weighted by Crippen LogP contribution is 2.26. The second kappa shape index (κ2) is 7.63. The number of nitrogens with one attached hydrogen (secondary N) is 3. The van der Waals surface area contributed by atoms with Crippen molar-refractivity contribution in [2.24, 2.45) is 0 Å². The molecule has 0 saturated carbocycles. The minimum absolute atomic E-state index is 0.0172. The van der Waals surface area contributed by atoms with E-state index in [-0.39, 0.29) is 18.0 Å². The van der Waals surface area contributed by atoms with E-state index < -0.39 is 0 Å². The molecule has 0 aromatic heterocycles. The summed E-state index contributed by atoms with van der Waals surface area (Å²) in [4.78, 5) is 25.7. The number of rotatable bonds is 5. The highest BCUT2D eigenvalue weighted by Gasteiger charge is 2.19. The molecule has 0 aliphatic carbocycles. The number of carbonyl (C=O) groups is 2. The van der Waals surface area contributed by atoms with Gasteiger partial charge in [0.15, 0.2) is 0 Å². The average molecular weight is 332 g/mol. The van der Waals surface area contributed by atoms with Crippen LogP contribution in [0.1, 0.15) is 24.1 Å². The van der Waals surface area contributed by atoms with Crippen LogP contribution in [-0.4, -0.2) is 56.2 Å². The molecule has 2 aliphatic heterocycles. The highest BCUT2D eigenvalue weighted by molar-refractivity contribution is 5.99. The van der Waals surface area contributed by atoms with E-state index in [2.05, 4.69) is 20.9 Å². The summed E-state index contributed by atoms with van der Waals surface area (Å²) >= 11 is 0. The molecule has 3 N–H and O–H groups in total. The molecule has 0 bridgehead atoms. The number of hydrogen-bond acceptors (Lipinski definition) is 4. The standard InChI is InChI=1S/C17H24N4O3/c1-12(13-2-3-15-14(10-13)11-16(22)20-15)19-17(23)18-4-5-21-6-8-24-9-7-21/h2-3,10,12H,4-9,11H2,1H3,(H,20,22)(H2,18,19,23)/t12-/m0/s1. The summed E-state index contributed by atoms with van der Waals surface area (Å²) < 4.78 is 5.30. The molecule has 1 saturated heterocycles. The van der Waals surface area contributed by atoms with E-state index >= 15 is 0 Å². The Morgan fingerprint density at radius 1 is 1.38 bits per heavy atom. The molecule has 1 aromatic rings. The van der Waals surface area contributed by atoms with Gasteiger partial charge < -0.3 is 20.7 Å². The van der Waals surface area contributed by atoms with Crippen LogP contribution < -0.4 is 16.0 Å². The Morgan fingerprint density at radius 3 is 2.96 bits per heavy atom. The van der Waals surface area contributed by atoms with Crippen molar-refractivity contribution in [2.75, 3.05) is 44.7 Å². The molecule has 0 unspecified atom stereocenters. The van der Waals surface area contributed by atoms with Gasteiger partial charge in [-0.1, -0.05) is 12.1 Å². The average Bonchev–Trinajstić information content (AvgIpc) is 2.94. The quantitative estimate of drug-likeness (QED) is 0.747. The van der Waals surface area contributed by atoms with Crippen LogP contribution in [0.4, 0.5) is 10.5 Å². The van der Waals surface area contributed by atoms with Gasteiger partial charge in [0, 0.05) is 31.9 Å². The molecule has 0 radical (unpaired) electrons. The first-order valence-corrected chi connectivity index (χ1v) is 8.39. The van der Waals surface area contributed by atoms with Crippen molar-refractivity contribution in [3.63, 3.8) is 0 Å².